The van der Waals surface area contributed by atoms with Crippen LogP contribution in [0.3, 0.4) is 0 Å². The average Bonchev–Trinajstić information content (AvgIpc) is 2.85. The van der Waals surface area contributed by atoms with Gasteiger partial charge >= 0.3 is 0 Å². The van der Waals surface area contributed by atoms with Gasteiger partial charge in [-0.05, 0) is 12.1 Å². The highest BCUT2D eigenvalue weighted by atomic mass is 16.4. The zero-order chi connectivity index (χ0) is 15.5. The maximum atomic E-state index is 12.1. The van der Waals surface area contributed by atoms with Gasteiger partial charge in [0.2, 0.25) is 17.4 Å². The summed E-state index contributed by atoms with van der Waals surface area (Å²) in [5, 5.41) is 22.3. The number of amides is 1. The van der Waals surface area contributed by atoms with Gasteiger partial charge in [-0.3, -0.25) is 10.1 Å². The van der Waals surface area contributed by atoms with E-state index < -0.39 is 17.4 Å². The van der Waals surface area contributed by atoms with Crippen LogP contribution in [-0.4, -0.2) is 16.1 Å². The highest BCUT2D eigenvalue weighted by Gasteiger charge is 2.22. The van der Waals surface area contributed by atoms with Gasteiger partial charge in [-0.15, -0.1) is 0 Å². The van der Waals surface area contributed by atoms with Crippen LogP contribution in [0.1, 0.15) is 10.4 Å². The lowest BCUT2D eigenvalue weighted by atomic mass is 10.1. The molecule has 0 atom stereocenters. The fourth-order valence-electron chi connectivity index (χ4n) is 2.05. The summed E-state index contributed by atoms with van der Waals surface area (Å²) in [5.41, 5.74) is 1.01. The molecule has 0 aliphatic carbocycles. The van der Waals surface area contributed by atoms with Crippen LogP contribution < -0.4 is 5.32 Å². The molecule has 0 fully saturated rings. The number of hydrogen-bond donors (Lipinski definition) is 3. The first-order valence-corrected chi connectivity index (χ1v) is 6.63. The number of carbonyl (C=O) groups is 1. The van der Waals surface area contributed by atoms with Crippen molar-refractivity contribution < 1.29 is 19.4 Å². The second-order valence-corrected chi connectivity index (χ2v) is 4.64. The van der Waals surface area contributed by atoms with E-state index in [0.717, 1.165) is 0 Å². The molecule has 5 heteroatoms. The smallest absolute Gasteiger partial charge is 0.258 e. The number of nitrogens with one attached hydrogen (secondary N) is 1. The second kappa shape index (κ2) is 5.65. The van der Waals surface area contributed by atoms with Crippen molar-refractivity contribution in [1.82, 2.24) is 0 Å². The van der Waals surface area contributed by atoms with Gasteiger partial charge in [-0.1, -0.05) is 48.5 Å². The zero-order valence-corrected chi connectivity index (χ0v) is 11.5. The first-order chi connectivity index (χ1) is 10.7. The average molecular weight is 295 g/mol. The van der Waals surface area contributed by atoms with E-state index in [4.69, 9.17) is 4.42 Å². The van der Waals surface area contributed by atoms with E-state index >= 15 is 0 Å². The summed E-state index contributed by atoms with van der Waals surface area (Å²) in [5.74, 6) is -1.44. The molecule has 0 aliphatic rings. The van der Waals surface area contributed by atoms with E-state index in [1.165, 1.54) is 0 Å². The molecule has 0 radical (unpaired) electrons. The van der Waals surface area contributed by atoms with Crippen LogP contribution in [0.4, 0.5) is 5.88 Å². The molecule has 5 nitrogen and oxygen atoms in total. The van der Waals surface area contributed by atoms with Gasteiger partial charge in [0.15, 0.2) is 5.76 Å². The largest absolute Gasteiger partial charge is 0.502 e. The van der Waals surface area contributed by atoms with Crippen LogP contribution in [0, 0.1) is 0 Å². The standard InChI is InChI=1S/C17H13NO4/c19-13-14(20)17(18-16(21)12-9-5-2-6-10-12)22-15(13)11-7-3-1-4-8-11/h1-10,19-20H,(H,18,21). The minimum atomic E-state index is -0.497. The SMILES string of the molecule is O=C(Nc1oc(-c2ccccc2)c(O)c1O)c1ccccc1. The van der Waals surface area contributed by atoms with Crippen molar-refractivity contribution in [2.45, 2.75) is 0 Å². The first-order valence-electron chi connectivity index (χ1n) is 6.63. The Morgan fingerprint density at radius 1 is 0.864 bits per heavy atom. The summed E-state index contributed by atoms with van der Waals surface area (Å²) < 4.78 is 5.39. The van der Waals surface area contributed by atoms with Crippen molar-refractivity contribution >= 4 is 11.8 Å². The molecule has 0 saturated carbocycles. The Kier molecular flexibility index (Phi) is 3.53. The lowest BCUT2D eigenvalue weighted by Gasteiger charge is -2.02. The lowest BCUT2D eigenvalue weighted by Crippen LogP contribution is -2.10. The third kappa shape index (κ3) is 2.52. The lowest BCUT2D eigenvalue weighted by molar-refractivity contribution is 0.102. The molecule has 0 unspecified atom stereocenters. The molecule has 2 aromatic carbocycles. The Bertz CT molecular complexity index is 794. The van der Waals surface area contributed by atoms with Crippen molar-refractivity contribution in [2.24, 2.45) is 0 Å². The summed E-state index contributed by atoms with van der Waals surface area (Å²) in [6.07, 6.45) is 0. The van der Waals surface area contributed by atoms with Gasteiger partial charge in [0, 0.05) is 11.1 Å². The summed E-state index contributed by atoms with van der Waals surface area (Å²) in [4.78, 5) is 12.1. The topological polar surface area (TPSA) is 82.7 Å². The number of anilines is 1. The highest BCUT2D eigenvalue weighted by molar-refractivity contribution is 6.04. The van der Waals surface area contributed by atoms with E-state index in [1.807, 2.05) is 6.07 Å². The van der Waals surface area contributed by atoms with Gasteiger partial charge < -0.3 is 14.6 Å². The molecular weight excluding hydrogens is 282 g/mol. The maximum Gasteiger partial charge on any atom is 0.258 e. The Hall–Kier alpha value is -3.21. The summed E-state index contributed by atoms with van der Waals surface area (Å²) >= 11 is 0. The number of furan rings is 1. The number of rotatable bonds is 3. The summed E-state index contributed by atoms with van der Waals surface area (Å²) in [6, 6.07) is 17.3. The second-order valence-electron chi connectivity index (χ2n) is 4.64. The fraction of sp³-hybridized carbons (Fsp3) is 0. The minimum Gasteiger partial charge on any atom is -0.502 e. The van der Waals surface area contributed by atoms with Gasteiger partial charge in [-0.2, -0.15) is 0 Å². The molecule has 1 amide bonds. The van der Waals surface area contributed by atoms with Gasteiger partial charge in [0.05, 0.1) is 0 Å². The number of benzene rings is 2. The molecule has 0 spiro atoms. The zero-order valence-electron chi connectivity index (χ0n) is 11.5. The van der Waals surface area contributed by atoms with Crippen molar-refractivity contribution in [2.75, 3.05) is 5.32 Å². The number of aromatic hydroxyl groups is 2. The first kappa shape index (κ1) is 13.8. The van der Waals surface area contributed by atoms with Crippen molar-refractivity contribution in [3.05, 3.63) is 66.2 Å². The van der Waals surface area contributed by atoms with Crippen molar-refractivity contribution in [1.29, 1.82) is 0 Å². The Balaban J connectivity index is 1.91. The molecule has 0 aliphatic heterocycles. The van der Waals surface area contributed by atoms with E-state index in [1.54, 1.807) is 54.6 Å². The quantitative estimate of drug-likeness (QED) is 0.689. The number of carbonyl (C=O) groups excluding carboxylic acids is 1. The third-order valence-electron chi connectivity index (χ3n) is 3.16. The molecular formula is C17H13NO4. The van der Waals surface area contributed by atoms with Gasteiger partial charge in [0.25, 0.3) is 5.91 Å². The summed E-state index contributed by atoms with van der Waals surface area (Å²) in [7, 11) is 0. The molecule has 3 N–H and O–H groups in total. The highest BCUT2D eigenvalue weighted by Crippen LogP contribution is 2.45. The summed E-state index contributed by atoms with van der Waals surface area (Å²) in [6.45, 7) is 0. The third-order valence-corrected chi connectivity index (χ3v) is 3.16. The fourth-order valence-corrected chi connectivity index (χ4v) is 2.05. The Morgan fingerprint density at radius 2 is 1.45 bits per heavy atom. The molecule has 1 heterocycles. The van der Waals surface area contributed by atoms with E-state index in [9.17, 15) is 15.0 Å². The van der Waals surface area contributed by atoms with Crippen molar-refractivity contribution in [3.8, 4) is 22.8 Å². The predicted molar refractivity (Wildman–Crippen MR) is 81.9 cm³/mol. The van der Waals surface area contributed by atoms with Crippen LogP contribution >= 0.6 is 0 Å². The van der Waals surface area contributed by atoms with Crippen LogP contribution in [-0.2, 0) is 0 Å². The molecule has 1 aromatic heterocycles. The molecule has 3 aromatic rings. The van der Waals surface area contributed by atoms with Crippen LogP contribution in [0.25, 0.3) is 11.3 Å². The minimum absolute atomic E-state index is 0.0986. The molecule has 3 rings (SSSR count). The van der Waals surface area contributed by atoms with Gasteiger partial charge in [-0.25, -0.2) is 0 Å². The van der Waals surface area contributed by atoms with E-state index in [-0.39, 0.29) is 11.6 Å². The predicted octanol–water partition coefficient (Wildman–Crippen LogP) is 3.61. The van der Waals surface area contributed by atoms with Crippen molar-refractivity contribution in [3.63, 3.8) is 0 Å². The molecule has 0 saturated heterocycles. The van der Waals surface area contributed by atoms with Crippen LogP contribution in [0.15, 0.2) is 65.1 Å². The maximum absolute atomic E-state index is 12.1. The van der Waals surface area contributed by atoms with E-state index in [2.05, 4.69) is 5.32 Å². The molecule has 110 valence electrons. The Labute approximate surface area is 126 Å². The molecule has 0 bridgehead atoms. The monoisotopic (exact) mass is 295 g/mol. The number of hydrogen-bond acceptors (Lipinski definition) is 4. The Morgan fingerprint density at radius 3 is 2.09 bits per heavy atom. The van der Waals surface area contributed by atoms with Gasteiger partial charge in [0.1, 0.15) is 0 Å². The van der Waals surface area contributed by atoms with Crippen LogP contribution in [0.5, 0.6) is 11.5 Å². The normalized spacial score (nSPS) is 10.4. The molecule has 22 heavy (non-hydrogen) atoms. The van der Waals surface area contributed by atoms with E-state index in [0.29, 0.717) is 11.1 Å². The van der Waals surface area contributed by atoms with Crippen LogP contribution in [0.2, 0.25) is 0 Å².